The number of tetrazole rings is 1. The Balaban J connectivity index is 1.55. The highest BCUT2D eigenvalue weighted by atomic mass is 16.5. The summed E-state index contributed by atoms with van der Waals surface area (Å²) in [4.78, 5) is 13.4. The molecule has 0 aliphatic carbocycles. The quantitative estimate of drug-likeness (QED) is 0.747. The number of rotatable bonds is 6. The van der Waals surface area contributed by atoms with Gasteiger partial charge in [-0.05, 0) is 48.4 Å². The second-order valence-electron chi connectivity index (χ2n) is 5.63. The number of carbonyl (C=O) groups is 1. The molecule has 1 heterocycles. The molecule has 0 bridgehead atoms. The number of aromatic nitrogens is 4. The topological polar surface area (TPSA) is 81.9 Å². The lowest BCUT2D eigenvalue weighted by molar-refractivity contribution is -0.117. The maximum Gasteiger partial charge on any atom is 0.248 e. The molecule has 0 spiro atoms. The van der Waals surface area contributed by atoms with E-state index in [1.165, 1.54) is 4.80 Å². The van der Waals surface area contributed by atoms with Gasteiger partial charge in [-0.15, -0.1) is 10.2 Å². The van der Waals surface area contributed by atoms with Crippen LogP contribution in [0.4, 0.5) is 5.69 Å². The minimum Gasteiger partial charge on any atom is -0.485 e. The predicted molar refractivity (Wildman–Crippen MR) is 93.1 cm³/mol. The minimum absolute atomic E-state index is 0.00822. The molecule has 25 heavy (non-hydrogen) atoms. The van der Waals surface area contributed by atoms with E-state index in [0.717, 1.165) is 22.6 Å². The fraction of sp³-hybridized carbons (Fsp3) is 0.222. The summed E-state index contributed by atoms with van der Waals surface area (Å²) in [5, 5.41) is 14.8. The van der Waals surface area contributed by atoms with Crippen LogP contribution in [0.25, 0.3) is 0 Å². The van der Waals surface area contributed by atoms with Crippen molar-refractivity contribution >= 4 is 11.6 Å². The lowest BCUT2D eigenvalue weighted by atomic mass is 10.1. The van der Waals surface area contributed by atoms with E-state index in [1.807, 2.05) is 62.4 Å². The highest BCUT2D eigenvalue weighted by Crippen LogP contribution is 2.17. The predicted octanol–water partition coefficient (Wildman–Crippen LogP) is 2.51. The average Bonchev–Trinajstić information content (AvgIpc) is 3.05. The molecule has 128 valence electrons. The number of nitrogens with zero attached hydrogens (tertiary/aromatic N) is 4. The first-order valence-electron chi connectivity index (χ1n) is 7.92. The normalized spacial score (nSPS) is 10.5. The van der Waals surface area contributed by atoms with Gasteiger partial charge in [0.25, 0.3) is 0 Å². The Kier molecular flexibility index (Phi) is 5.03. The van der Waals surface area contributed by atoms with E-state index in [2.05, 4.69) is 20.7 Å². The highest BCUT2D eigenvalue weighted by molar-refractivity contribution is 5.91. The first-order chi connectivity index (χ1) is 12.1. The van der Waals surface area contributed by atoms with Crippen LogP contribution in [0.5, 0.6) is 5.75 Å². The number of amides is 1. The summed E-state index contributed by atoms with van der Waals surface area (Å²) < 4.78 is 5.56. The summed E-state index contributed by atoms with van der Waals surface area (Å²) >= 11 is 0. The van der Waals surface area contributed by atoms with Gasteiger partial charge < -0.3 is 10.1 Å². The molecule has 0 saturated carbocycles. The molecule has 1 aromatic heterocycles. The summed E-state index contributed by atoms with van der Waals surface area (Å²) in [6.45, 7) is 4.16. The molecule has 0 fully saturated rings. The van der Waals surface area contributed by atoms with Gasteiger partial charge in [0.05, 0.1) is 0 Å². The number of nitrogens with one attached hydrogen (secondary N) is 1. The SMILES string of the molecule is Cc1cccc(NC(=O)Cn2nnc(COc3ccccc3)n2)c1C. The number of hydrogen-bond acceptors (Lipinski definition) is 5. The Morgan fingerprint density at radius 2 is 1.92 bits per heavy atom. The minimum atomic E-state index is -0.207. The molecule has 3 aromatic rings. The molecular weight excluding hydrogens is 318 g/mol. The Labute approximate surface area is 145 Å². The molecular formula is C18H19N5O2. The van der Waals surface area contributed by atoms with Crippen LogP contribution in [0.15, 0.2) is 48.5 Å². The van der Waals surface area contributed by atoms with Gasteiger partial charge in [-0.2, -0.15) is 4.80 Å². The van der Waals surface area contributed by atoms with E-state index in [0.29, 0.717) is 5.82 Å². The molecule has 7 heteroatoms. The molecule has 1 N–H and O–H groups in total. The third-order valence-corrected chi connectivity index (χ3v) is 3.77. The van der Waals surface area contributed by atoms with Crippen molar-refractivity contribution < 1.29 is 9.53 Å². The van der Waals surface area contributed by atoms with E-state index < -0.39 is 0 Å². The molecule has 0 saturated heterocycles. The molecule has 1 amide bonds. The van der Waals surface area contributed by atoms with Gasteiger partial charge in [-0.25, -0.2) is 0 Å². The van der Waals surface area contributed by atoms with E-state index in [9.17, 15) is 4.79 Å². The molecule has 0 aliphatic rings. The van der Waals surface area contributed by atoms with Crippen molar-refractivity contribution in [3.8, 4) is 5.75 Å². The number of ether oxygens (including phenoxy) is 1. The Hall–Kier alpha value is -3.22. The second kappa shape index (κ2) is 7.57. The van der Waals surface area contributed by atoms with Crippen molar-refractivity contribution in [3.63, 3.8) is 0 Å². The zero-order valence-electron chi connectivity index (χ0n) is 14.1. The fourth-order valence-electron chi connectivity index (χ4n) is 2.27. The highest BCUT2D eigenvalue weighted by Gasteiger charge is 2.10. The van der Waals surface area contributed by atoms with Crippen molar-refractivity contribution in [2.45, 2.75) is 27.0 Å². The number of anilines is 1. The van der Waals surface area contributed by atoms with Crippen LogP contribution in [-0.4, -0.2) is 26.1 Å². The summed E-state index contributed by atoms with van der Waals surface area (Å²) in [7, 11) is 0. The first kappa shape index (κ1) is 16.6. The van der Waals surface area contributed by atoms with Crippen molar-refractivity contribution in [3.05, 3.63) is 65.5 Å². The van der Waals surface area contributed by atoms with Gasteiger partial charge in [0.15, 0.2) is 6.61 Å². The Morgan fingerprint density at radius 1 is 1.12 bits per heavy atom. The smallest absolute Gasteiger partial charge is 0.248 e. The van der Waals surface area contributed by atoms with Gasteiger partial charge >= 0.3 is 0 Å². The molecule has 7 nitrogen and oxygen atoms in total. The Morgan fingerprint density at radius 3 is 2.72 bits per heavy atom. The van der Waals surface area contributed by atoms with Crippen LogP contribution in [-0.2, 0) is 17.9 Å². The van der Waals surface area contributed by atoms with Crippen molar-refractivity contribution in [1.29, 1.82) is 0 Å². The molecule has 2 aromatic carbocycles. The summed E-state index contributed by atoms with van der Waals surface area (Å²) in [6.07, 6.45) is 0. The lowest BCUT2D eigenvalue weighted by Crippen LogP contribution is -2.21. The van der Waals surface area contributed by atoms with Crippen LogP contribution < -0.4 is 10.1 Å². The number of carbonyl (C=O) groups excluding carboxylic acids is 1. The van der Waals surface area contributed by atoms with Gasteiger partial charge in [0, 0.05) is 5.69 Å². The van der Waals surface area contributed by atoms with Crippen molar-refractivity contribution in [2.75, 3.05) is 5.32 Å². The summed E-state index contributed by atoms with van der Waals surface area (Å²) in [6, 6.07) is 15.2. The molecule has 0 radical (unpaired) electrons. The van der Waals surface area contributed by atoms with Crippen LogP contribution in [0.2, 0.25) is 0 Å². The molecule has 0 aliphatic heterocycles. The number of benzene rings is 2. The zero-order chi connectivity index (χ0) is 17.6. The van der Waals surface area contributed by atoms with E-state index in [4.69, 9.17) is 4.74 Å². The summed E-state index contributed by atoms with van der Waals surface area (Å²) in [5.74, 6) is 0.941. The maximum absolute atomic E-state index is 12.2. The first-order valence-corrected chi connectivity index (χ1v) is 7.92. The standard InChI is InChI=1S/C18H19N5O2/c1-13-7-6-10-16(14(13)2)19-18(24)11-23-21-17(20-22-23)12-25-15-8-4-3-5-9-15/h3-10H,11-12H2,1-2H3,(H,19,24). The van der Waals surface area contributed by atoms with Crippen molar-refractivity contribution in [2.24, 2.45) is 0 Å². The lowest BCUT2D eigenvalue weighted by Gasteiger charge is -2.09. The number of para-hydroxylation sites is 1. The van der Waals surface area contributed by atoms with Crippen LogP contribution in [0.1, 0.15) is 17.0 Å². The molecule has 0 unspecified atom stereocenters. The van der Waals surface area contributed by atoms with Crippen LogP contribution >= 0.6 is 0 Å². The largest absolute Gasteiger partial charge is 0.485 e. The fourth-order valence-corrected chi connectivity index (χ4v) is 2.27. The number of aryl methyl sites for hydroxylation is 1. The zero-order valence-corrected chi connectivity index (χ0v) is 14.1. The van der Waals surface area contributed by atoms with E-state index in [1.54, 1.807) is 0 Å². The van der Waals surface area contributed by atoms with Gasteiger partial charge in [0.2, 0.25) is 11.7 Å². The number of hydrogen-bond donors (Lipinski definition) is 1. The van der Waals surface area contributed by atoms with E-state index in [-0.39, 0.29) is 19.1 Å². The monoisotopic (exact) mass is 337 g/mol. The van der Waals surface area contributed by atoms with Crippen LogP contribution in [0.3, 0.4) is 0 Å². The molecule has 3 rings (SSSR count). The van der Waals surface area contributed by atoms with Gasteiger partial charge in [0.1, 0.15) is 12.3 Å². The Bertz CT molecular complexity index is 861. The summed E-state index contributed by atoms with van der Waals surface area (Å²) in [5.41, 5.74) is 2.95. The third kappa shape index (κ3) is 4.41. The van der Waals surface area contributed by atoms with Gasteiger partial charge in [-0.3, -0.25) is 4.79 Å². The average molecular weight is 337 g/mol. The second-order valence-corrected chi connectivity index (χ2v) is 5.63. The van der Waals surface area contributed by atoms with Crippen molar-refractivity contribution in [1.82, 2.24) is 20.2 Å². The van der Waals surface area contributed by atoms with Crippen LogP contribution in [0, 0.1) is 13.8 Å². The molecule has 0 atom stereocenters. The van der Waals surface area contributed by atoms with Gasteiger partial charge in [-0.1, -0.05) is 30.3 Å². The maximum atomic E-state index is 12.2. The third-order valence-electron chi connectivity index (χ3n) is 3.77. The van der Waals surface area contributed by atoms with E-state index >= 15 is 0 Å².